The number of alkyl halides is 8. The average Bonchev–Trinajstić information content (AvgIpc) is 1.67. The van der Waals surface area contributed by atoms with Crippen LogP contribution in [0.5, 0.6) is 0 Å². The second kappa shape index (κ2) is 41.5. The molecule has 0 saturated carbocycles. The maximum Gasteiger partial charge on any atom is 0.266 e. The summed E-state index contributed by atoms with van der Waals surface area (Å²) in [6.07, 6.45) is -5.94. The number of fused-ring (bicyclic) bond motifs is 4. The Morgan fingerprint density at radius 2 is 0.745 bits per heavy atom. The van der Waals surface area contributed by atoms with Gasteiger partial charge >= 0.3 is 0 Å². The van der Waals surface area contributed by atoms with Gasteiger partial charge in [-0.1, -0.05) is 72.8 Å². The third-order valence-corrected chi connectivity index (χ3v) is 26.3. The number of hydrogen-bond donors (Lipinski definition) is 5. The van der Waals surface area contributed by atoms with E-state index in [1.165, 1.54) is 168 Å². The van der Waals surface area contributed by atoms with Crippen LogP contribution in [0.15, 0.2) is 153 Å². The summed E-state index contributed by atoms with van der Waals surface area (Å²) in [5.74, 6) is -0.857. The van der Waals surface area contributed by atoms with Gasteiger partial charge in [0.25, 0.3) is 65.7 Å². The molecule has 10 atom stereocenters. The number of carbonyl (C=O) groups is 3. The number of hydrogen-bond acceptors (Lipinski definition) is 25. The number of benzene rings is 4. The number of nitrogens with one attached hydrogen (secondary N) is 4. The first-order chi connectivity index (χ1) is 64.8. The van der Waals surface area contributed by atoms with E-state index in [0.29, 0.717) is 52.9 Å². The lowest BCUT2D eigenvalue weighted by atomic mass is 9.93. The molecule has 12 heterocycles. The van der Waals surface area contributed by atoms with E-state index >= 15 is 0 Å². The molecule has 13 aromatic rings. The predicted molar refractivity (Wildman–Crippen MR) is 493 cm³/mol. The molecule has 31 nitrogen and oxygen atoms in total. The summed E-state index contributed by atoms with van der Waals surface area (Å²) in [6, 6.07) is 17.8. The Kier molecular flexibility index (Phi) is 30.5. The van der Waals surface area contributed by atoms with Crippen LogP contribution in [0.4, 0.5) is 81.1 Å². The standard InChI is InChI=1S/2C24H26F3N5O3.C22H19F3N6O2S.C22H23F3N4O3S/c2*1-12-9-32(10-13(2)35-12)24(34)18-8-17-21(28-11-29-22(17)31(4)23(18)33)30-14(3)15-6-5-7-16(19(15)25)20(26)27;1-11(12-5-4-6-13(16(12)23)17(24)25)29-18-14-9-15(20(32)30(2)19(14)28-10-27-18)21(33)31(3)22-26-7-8-34-22;1-12(13-5-4-6-14(17(13)23)18(24)25)28-19-15-9-16(22(31)7-8-33(3,32)10-22)21(30)29(2)20(15)27-11-26-19/h2*5-8,11-14,20H,9-10H2,1-4H3,(H,28,29,30);4-11,17H,1-3H3,(H,27,28,29);4-6,9,11-12,18,31H,3,7-8,10H2,1-2H3,(H,26,27,28)/t12-,13+,14-;12-,13-,14-;11-;12-,22?,33?/m1111/s1. The lowest BCUT2D eigenvalue weighted by molar-refractivity contribution is -0.0586. The van der Waals surface area contributed by atoms with Crippen molar-refractivity contribution in [2.24, 2.45) is 28.2 Å². The van der Waals surface area contributed by atoms with Crippen molar-refractivity contribution in [3.63, 3.8) is 0 Å². The van der Waals surface area contributed by atoms with Crippen LogP contribution in [-0.4, -0.2) is 175 Å². The highest BCUT2D eigenvalue weighted by Gasteiger charge is 2.42. The fourth-order valence-corrected chi connectivity index (χ4v) is 19.2. The molecule has 3 fully saturated rings. The lowest BCUT2D eigenvalue weighted by Gasteiger charge is -2.35. The summed E-state index contributed by atoms with van der Waals surface area (Å²) < 4.78 is 192. The minimum atomic E-state index is -2.95. The van der Waals surface area contributed by atoms with E-state index in [4.69, 9.17) is 9.47 Å². The highest BCUT2D eigenvalue weighted by Crippen LogP contribution is 2.39. The molecule has 3 aliphatic heterocycles. The van der Waals surface area contributed by atoms with Gasteiger partial charge in [0.1, 0.15) is 117 Å². The number of morpholine rings is 2. The van der Waals surface area contributed by atoms with Crippen molar-refractivity contribution < 1.29 is 85.9 Å². The summed E-state index contributed by atoms with van der Waals surface area (Å²) in [7, 11) is 4.94. The average molecular weight is 1950 g/mol. The van der Waals surface area contributed by atoms with Crippen molar-refractivity contribution in [1.82, 2.24) is 72.9 Å². The largest absolute Gasteiger partial charge is 0.384 e. The van der Waals surface area contributed by atoms with Crippen LogP contribution >= 0.6 is 11.3 Å². The molecular weight excluding hydrogens is 1850 g/mol. The minimum Gasteiger partial charge on any atom is -0.384 e. The number of pyridine rings is 4. The molecule has 0 spiro atoms. The van der Waals surface area contributed by atoms with Gasteiger partial charge < -0.3 is 45.6 Å². The number of aryl methyl sites for hydroxylation is 4. The number of halogens is 12. The van der Waals surface area contributed by atoms with Gasteiger partial charge in [-0.15, -0.1) is 11.3 Å². The molecule has 724 valence electrons. The SMILES string of the molecule is C=S1(=O)CCC(O)(c2cc3c(N[C@H](C)c4cccc(C(F)F)c4F)ncnc3n(C)c2=O)C1.C[C@@H](Nc1ncnc2c1cc(C(=O)N(C)c1nccs1)c(=O)n2C)c1cccc(C(F)F)c1F.C[C@@H]1CN(C(=O)c2cc3c(N[C@H](C)c4cccc(C(F)F)c4F)ncnc3n(C)c2=O)C[C@@H](C)O1.C[C@@H]1CN(C(=O)c2cc3c(N[C@H](C)c4cccc(C(F)F)c4F)ncnc3n(C)c2=O)C[C@H](C)O1. The third kappa shape index (κ3) is 21.3. The predicted octanol–water partition coefficient (Wildman–Crippen LogP) is 14.9. The van der Waals surface area contributed by atoms with E-state index in [-0.39, 0.29) is 133 Å². The summed E-state index contributed by atoms with van der Waals surface area (Å²) in [6.45, 7) is 15.2. The normalized spacial score (nSPS) is 18.6. The second-order valence-corrected chi connectivity index (χ2v) is 36.9. The van der Waals surface area contributed by atoms with Gasteiger partial charge in [0.2, 0.25) is 0 Å². The number of carbonyl (C=O) groups excluding carboxylic acids is 3. The monoisotopic (exact) mass is 1950 g/mol. The molecule has 5 N–H and O–H groups in total. The molecule has 3 amide bonds. The van der Waals surface area contributed by atoms with Gasteiger partial charge in [-0.2, -0.15) is 0 Å². The number of nitrogens with zero attached hydrogens (tertiary/aromatic N) is 16. The van der Waals surface area contributed by atoms with Gasteiger partial charge in [-0.3, -0.25) is 60.9 Å². The zero-order valence-corrected chi connectivity index (χ0v) is 77.5. The Morgan fingerprint density at radius 3 is 1.03 bits per heavy atom. The number of thiazole rings is 1. The van der Waals surface area contributed by atoms with Crippen LogP contribution in [0, 0.1) is 23.3 Å². The van der Waals surface area contributed by atoms with Crippen LogP contribution < -0.4 is 48.4 Å². The first-order valence-corrected chi connectivity index (χ1v) is 45.6. The molecular formula is C92H94F12N20O11S2. The van der Waals surface area contributed by atoms with Gasteiger partial charge in [0, 0.05) is 107 Å². The van der Waals surface area contributed by atoms with Gasteiger partial charge in [-0.25, -0.2) is 97.5 Å². The van der Waals surface area contributed by atoms with E-state index in [1.54, 1.807) is 49.1 Å². The van der Waals surface area contributed by atoms with E-state index < -0.39 is 150 Å². The molecule has 0 aliphatic carbocycles. The van der Waals surface area contributed by atoms with E-state index in [0.717, 1.165) is 24.3 Å². The maximum atomic E-state index is 14.7. The van der Waals surface area contributed by atoms with Crippen molar-refractivity contribution in [2.45, 2.75) is 142 Å². The smallest absolute Gasteiger partial charge is 0.266 e. The maximum absolute atomic E-state index is 14.7. The van der Waals surface area contributed by atoms with Crippen LogP contribution in [0.25, 0.3) is 44.1 Å². The number of aromatic nitrogens is 13. The minimum absolute atomic E-state index is 0.0224. The number of ether oxygens (including phenoxy) is 2. The zero-order chi connectivity index (χ0) is 99.6. The highest BCUT2D eigenvalue weighted by atomic mass is 32.2. The highest BCUT2D eigenvalue weighted by molar-refractivity contribution is 8.00. The van der Waals surface area contributed by atoms with Crippen molar-refractivity contribution >= 4 is 117 Å². The Hall–Kier alpha value is -13.7. The first-order valence-electron chi connectivity index (χ1n) is 42.6. The molecule has 45 heteroatoms. The molecule has 4 aromatic carbocycles. The van der Waals surface area contributed by atoms with Gasteiger partial charge in [-0.05, 0) is 101 Å². The molecule has 3 saturated heterocycles. The Labute approximate surface area is 778 Å². The molecule has 137 heavy (non-hydrogen) atoms. The molecule has 9 aromatic heterocycles. The molecule has 2 unspecified atom stereocenters. The van der Waals surface area contributed by atoms with Crippen LogP contribution in [0.2, 0.25) is 0 Å². The lowest BCUT2D eigenvalue weighted by Crippen LogP contribution is -2.49. The summed E-state index contributed by atoms with van der Waals surface area (Å²) in [4.78, 5) is 133. The molecule has 16 rings (SSSR count). The van der Waals surface area contributed by atoms with Crippen molar-refractivity contribution in [3.8, 4) is 0 Å². The fraction of sp³-hybridized carbons (Fsp3) is 0.359. The quantitative estimate of drug-likeness (QED) is 0.0329. The Bertz CT molecular complexity index is 6950. The third-order valence-electron chi connectivity index (χ3n) is 23.5. The van der Waals surface area contributed by atoms with E-state index in [9.17, 15) is 95.6 Å². The second-order valence-electron chi connectivity index (χ2n) is 33.4. The molecule has 0 radical (unpaired) electrons. The van der Waals surface area contributed by atoms with Gasteiger partial charge in [0.15, 0.2) is 5.13 Å². The van der Waals surface area contributed by atoms with Crippen molar-refractivity contribution in [1.29, 1.82) is 0 Å². The topological polar surface area (TPSA) is 369 Å². The Morgan fingerprint density at radius 1 is 0.460 bits per heavy atom. The Balaban J connectivity index is 0.000000154. The number of anilines is 5. The number of aliphatic hydroxyl groups is 1. The zero-order valence-electron chi connectivity index (χ0n) is 75.8. The fourth-order valence-electron chi connectivity index (χ4n) is 16.6. The van der Waals surface area contributed by atoms with E-state index in [1.807, 2.05) is 27.7 Å². The van der Waals surface area contributed by atoms with E-state index in [2.05, 4.69) is 72.0 Å². The number of rotatable bonds is 21. The van der Waals surface area contributed by atoms with Crippen molar-refractivity contribution in [2.75, 3.05) is 70.9 Å². The summed E-state index contributed by atoms with van der Waals surface area (Å²) >= 11 is 1.24. The van der Waals surface area contributed by atoms with Crippen LogP contribution in [0.1, 0.15) is 193 Å². The molecule has 3 aliphatic rings. The van der Waals surface area contributed by atoms with Gasteiger partial charge in [0.05, 0.1) is 97.9 Å². The molecule has 0 bridgehead atoms. The summed E-state index contributed by atoms with van der Waals surface area (Å²) in [5, 5.41) is 26.7. The summed E-state index contributed by atoms with van der Waals surface area (Å²) in [5.41, 5.74) is -5.51. The van der Waals surface area contributed by atoms with Crippen molar-refractivity contribution in [3.05, 3.63) is 265 Å². The van der Waals surface area contributed by atoms with Crippen LogP contribution in [0.3, 0.4) is 0 Å². The first kappa shape index (κ1) is 101. The number of amides is 3. The van der Waals surface area contributed by atoms with Crippen LogP contribution in [-0.2, 0) is 52.8 Å².